The Morgan fingerprint density at radius 1 is 1.19 bits per heavy atom. The quantitative estimate of drug-likeness (QED) is 0.600. The Morgan fingerprint density at radius 2 is 1.86 bits per heavy atom. The van der Waals surface area contributed by atoms with E-state index < -0.39 is 15.6 Å². The lowest BCUT2D eigenvalue weighted by atomic mass is 10.1. The Bertz CT molecular complexity index is 444. The van der Waals surface area contributed by atoms with E-state index in [2.05, 4.69) is 33.9 Å². The molecule has 1 aromatic carbocycles. The van der Waals surface area contributed by atoms with Crippen LogP contribution in [0.2, 0.25) is 18.1 Å². The van der Waals surface area contributed by atoms with E-state index >= 15 is 0 Å². The largest absolute Gasteiger partial charge is 0.707 e. The molecule has 0 atom stereocenters. The number of aryl methyl sites for hydroxylation is 1. The van der Waals surface area contributed by atoms with Gasteiger partial charge in [-0.05, 0) is 48.7 Å². The predicted octanol–water partition coefficient (Wildman–Crippen LogP) is 2.99. The summed E-state index contributed by atoms with van der Waals surface area (Å²) >= 11 is 0. The highest BCUT2D eigenvalue weighted by molar-refractivity contribution is 6.74. The average molecular weight is 310 g/mol. The van der Waals surface area contributed by atoms with E-state index in [4.69, 9.17) is 19.1 Å². The molecular weight excluding hydrogens is 283 g/mol. The molecule has 0 saturated heterocycles. The molecule has 4 nitrogen and oxygen atoms in total. The van der Waals surface area contributed by atoms with Gasteiger partial charge in [0.05, 0.1) is 0 Å². The Hall–Kier alpha value is -0.818. The maximum Gasteiger partial charge on any atom is 0.707 e. The fourth-order valence-corrected chi connectivity index (χ4v) is 2.80. The highest BCUT2D eigenvalue weighted by atomic mass is 28.4. The van der Waals surface area contributed by atoms with Crippen molar-refractivity contribution in [3.8, 4) is 5.75 Å². The normalized spacial score (nSPS) is 12.3. The van der Waals surface area contributed by atoms with Gasteiger partial charge < -0.3 is 19.1 Å². The summed E-state index contributed by atoms with van der Waals surface area (Å²) in [6.45, 7) is 12.0. The highest BCUT2D eigenvalue weighted by Crippen LogP contribution is 2.36. The minimum Gasteiger partial charge on any atom is -0.512 e. The second-order valence-corrected chi connectivity index (χ2v) is 11.6. The van der Waals surface area contributed by atoms with Crippen LogP contribution in [0.1, 0.15) is 32.8 Å². The molecule has 1 aromatic rings. The Labute approximate surface area is 129 Å². The monoisotopic (exact) mass is 310 g/mol. The summed E-state index contributed by atoms with van der Waals surface area (Å²) in [7, 11) is -3.44. The predicted molar refractivity (Wildman–Crippen MR) is 88.7 cm³/mol. The maximum atomic E-state index is 8.79. The standard InChI is InChI=1S/C15H27BO4Si/c1-15(2,3)21(4,5)19-11-7-9-13-8-6-10-14(12-13)20-16(17)18/h6,8,10,12,17-18H,7,9,11H2,1-5H3. The number of benzene rings is 1. The minimum absolute atomic E-state index is 0.234. The first-order chi connectivity index (χ1) is 9.62. The lowest BCUT2D eigenvalue weighted by Crippen LogP contribution is -2.41. The molecule has 0 spiro atoms. The van der Waals surface area contributed by atoms with Crippen molar-refractivity contribution in [3.63, 3.8) is 0 Å². The molecule has 21 heavy (non-hydrogen) atoms. The molecule has 2 N–H and O–H groups in total. The summed E-state index contributed by atoms with van der Waals surface area (Å²) in [5, 5.41) is 17.8. The van der Waals surface area contributed by atoms with Gasteiger partial charge >= 0.3 is 7.32 Å². The summed E-state index contributed by atoms with van der Waals surface area (Å²) in [5.74, 6) is 0.466. The van der Waals surface area contributed by atoms with E-state index in [1.165, 1.54) is 0 Å². The summed E-state index contributed by atoms with van der Waals surface area (Å²) in [6, 6.07) is 7.38. The van der Waals surface area contributed by atoms with Crippen LogP contribution >= 0.6 is 0 Å². The van der Waals surface area contributed by atoms with E-state index in [1.54, 1.807) is 6.07 Å². The smallest absolute Gasteiger partial charge is 0.512 e. The van der Waals surface area contributed by atoms with Crippen LogP contribution in [0, 0.1) is 0 Å². The van der Waals surface area contributed by atoms with Gasteiger partial charge in [0.1, 0.15) is 5.75 Å². The molecule has 0 aliphatic carbocycles. The molecule has 1 rings (SSSR count). The summed E-state index contributed by atoms with van der Waals surface area (Å²) in [5.41, 5.74) is 1.10. The van der Waals surface area contributed by atoms with Crippen LogP contribution in [-0.2, 0) is 10.8 Å². The summed E-state index contributed by atoms with van der Waals surface area (Å²) in [6.07, 6.45) is 1.82. The van der Waals surface area contributed by atoms with Crippen LogP contribution in [0.5, 0.6) is 5.75 Å². The lowest BCUT2D eigenvalue weighted by molar-refractivity contribution is 0.281. The fraction of sp³-hybridized carbons (Fsp3) is 0.600. The molecule has 0 fully saturated rings. The van der Waals surface area contributed by atoms with Crippen LogP contribution in [0.15, 0.2) is 24.3 Å². The van der Waals surface area contributed by atoms with Gasteiger partial charge in [-0.1, -0.05) is 32.9 Å². The first-order valence-corrected chi connectivity index (χ1v) is 10.3. The SMILES string of the molecule is CC(C)(C)[Si](C)(C)OCCCc1cccc(OB(O)O)c1. The fourth-order valence-electron chi connectivity index (χ4n) is 1.72. The molecule has 0 saturated carbocycles. The number of hydrogen-bond donors (Lipinski definition) is 2. The highest BCUT2D eigenvalue weighted by Gasteiger charge is 2.36. The molecule has 6 heteroatoms. The number of rotatable bonds is 7. The minimum atomic E-state index is -1.78. The average Bonchev–Trinajstić information content (AvgIpc) is 2.33. The Balaban J connectivity index is 2.43. The van der Waals surface area contributed by atoms with Gasteiger partial charge in [0.2, 0.25) is 0 Å². The van der Waals surface area contributed by atoms with Gasteiger partial charge in [0.25, 0.3) is 0 Å². The molecule has 0 radical (unpaired) electrons. The third-order valence-corrected chi connectivity index (χ3v) is 8.56. The van der Waals surface area contributed by atoms with Gasteiger partial charge in [0.15, 0.2) is 8.32 Å². The lowest BCUT2D eigenvalue weighted by Gasteiger charge is -2.36. The van der Waals surface area contributed by atoms with E-state index in [9.17, 15) is 0 Å². The topological polar surface area (TPSA) is 58.9 Å². The first-order valence-electron chi connectivity index (χ1n) is 7.37. The van der Waals surface area contributed by atoms with E-state index in [0.717, 1.165) is 25.0 Å². The van der Waals surface area contributed by atoms with Crippen LogP contribution in [-0.4, -0.2) is 32.3 Å². The van der Waals surface area contributed by atoms with Crippen molar-refractivity contribution in [2.45, 2.75) is 51.7 Å². The second-order valence-electron chi connectivity index (χ2n) is 6.80. The molecule has 0 aliphatic rings. The van der Waals surface area contributed by atoms with Gasteiger partial charge in [-0.3, -0.25) is 0 Å². The van der Waals surface area contributed by atoms with E-state index in [0.29, 0.717) is 5.75 Å². The van der Waals surface area contributed by atoms with Crippen molar-refractivity contribution in [2.75, 3.05) is 6.61 Å². The third-order valence-electron chi connectivity index (χ3n) is 4.02. The molecule has 0 unspecified atom stereocenters. The first kappa shape index (κ1) is 18.2. The summed E-state index contributed by atoms with van der Waals surface area (Å²) < 4.78 is 11.0. The van der Waals surface area contributed by atoms with Crippen molar-refractivity contribution in [1.82, 2.24) is 0 Å². The van der Waals surface area contributed by atoms with Gasteiger partial charge in [-0.25, -0.2) is 0 Å². The van der Waals surface area contributed by atoms with Crippen molar-refractivity contribution in [3.05, 3.63) is 29.8 Å². The van der Waals surface area contributed by atoms with Gasteiger partial charge in [0, 0.05) is 6.61 Å². The van der Waals surface area contributed by atoms with Crippen LogP contribution in [0.4, 0.5) is 0 Å². The van der Waals surface area contributed by atoms with Crippen LogP contribution in [0.25, 0.3) is 0 Å². The molecule has 0 heterocycles. The number of hydrogen-bond acceptors (Lipinski definition) is 4. The maximum absolute atomic E-state index is 8.79. The van der Waals surface area contributed by atoms with Crippen molar-refractivity contribution in [1.29, 1.82) is 0 Å². The van der Waals surface area contributed by atoms with Crippen molar-refractivity contribution < 1.29 is 19.1 Å². The molecule has 0 aliphatic heterocycles. The van der Waals surface area contributed by atoms with Crippen LogP contribution < -0.4 is 4.65 Å². The zero-order chi connectivity index (χ0) is 16.1. The molecule has 118 valence electrons. The third kappa shape index (κ3) is 6.22. The zero-order valence-corrected chi connectivity index (χ0v) is 14.7. The van der Waals surface area contributed by atoms with Gasteiger partial charge in [-0.15, -0.1) is 0 Å². The van der Waals surface area contributed by atoms with Crippen LogP contribution in [0.3, 0.4) is 0 Å². The van der Waals surface area contributed by atoms with E-state index in [-0.39, 0.29) is 5.04 Å². The van der Waals surface area contributed by atoms with Crippen molar-refractivity contribution in [2.24, 2.45) is 0 Å². The zero-order valence-electron chi connectivity index (χ0n) is 13.7. The summed E-state index contributed by atoms with van der Waals surface area (Å²) in [4.78, 5) is 0. The molecular formula is C15H27BO4Si. The molecule has 0 bridgehead atoms. The Morgan fingerprint density at radius 3 is 2.43 bits per heavy atom. The molecule has 0 amide bonds. The van der Waals surface area contributed by atoms with E-state index in [1.807, 2.05) is 18.2 Å². The van der Waals surface area contributed by atoms with Gasteiger partial charge in [-0.2, -0.15) is 0 Å². The molecule has 0 aromatic heterocycles. The Kier molecular flexibility index (Phi) is 6.46. The second kappa shape index (κ2) is 7.45. The van der Waals surface area contributed by atoms with Crippen molar-refractivity contribution >= 4 is 15.6 Å².